The largest absolute Gasteiger partial charge is 0.301 e. The maximum atomic E-state index is 4.24. The maximum Gasteiger partial charge on any atom is 0.00387 e. The van der Waals surface area contributed by atoms with Gasteiger partial charge in [-0.1, -0.05) is 6.42 Å². The van der Waals surface area contributed by atoms with E-state index >= 15 is 0 Å². The van der Waals surface area contributed by atoms with Crippen molar-refractivity contribution < 1.29 is 0 Å². The van der Waals surface area contributed by atoms with Crippen molar-refractivity contribution in [3.05, 3.63) is 0 Å². The first-order chi connectivity index (χ1) is 6.74. The Hall–Kier alpha value is 0.310. The van der Waals surface area contributed by atoms with E-state index in [4.69, 9.17) is 0 Å². The zero-order valence-corrected chi connectivity index (χ0v) is 10.6. The fraction of sp³-hybridized carbons (Fsp3) is 1.00. The number of thiol groups is 1. The van der Waals surface area contributed by atoms with Gasteiger partial charge in [0.05, 0.1) is 0 Å². The third-order valence-electron chi connectivity index (χ3n) is 3.02. The summed E-state index contributed by atoms with van der Waals surface area (Å²) in [6.45, 7) is 7.28. The van der Waals surface area contributed by atoms with Gasteiger partial charge in [0.1, 0.15) is 0 Å². The molecule has 1 nitrogen and oxygen atoms in total. The molecule has 0 aromatic carbocycles. The van der Waals surface area contributed by atoms with E-state index in [0.717, 1.165) is 17.7 Å². The smallest absolute Gasteiger partial charge is 0.00387 e. The number of hydrogen-bond donors (Lipinski definition) is 1. The number of nitrogens with zero attached hydrogens (tertiary/aromatic N) is 1. The summed E-state index contributed by atoms with van der Waals surface area (Å²) in [6, 6.07) is 0.728. The van der Waals surface area contributed by atoms with E-state index < -0.39 is 0 Å². The molecule has 0 bridgehead atoms. The Labute approximate surface area is 94.7 Å². The minimum atomic E-state index is 0.728. The average Bonchev–Trinajstić information content (AvgIpc) is 2.93. The van der Waals surface area contributed by atoms with Crippen molar-refractivity contribution in [1.29, 1.82) is 0 Å². The minimum Gasteiger partial charge on any atom is -0.301 e. The second kappa shape index (κ2) is 6.73. The van der Waals surface area contributed by atoms with E-state index in [1.165, 1.54) is 45.2 Å². The minimum absolute atomic E-state index is 0.728. The van der Waals surface area contributed by atoms with Crippen LogP contribution in [-0.4, -0.2) is 29.8 Å². The highest BCUT2D eigenvalue weighted by atomic mass is 32.1. The average molecular weight is 215 g/mol. The molecule has 84 valence electrons. The Kier molecular flexibility index (Phi) is 5.95. The van der Waals surface area contributed by atoms with Crippen molar-refractivity contribution >= 4 is 12.6 Å². The van der Waals surface area contributed by atoms with E-state index in [2.05, 4.69) is 31.4 Å². The molecule has 0 amide bonds. The molecule has 0 atom stereocenters. The highest BCUT2D eigenvalue weighted by Gasteiger charge is 2.24. The van der Waals surface area contributed by atoms with Crippen LogP contribution in [0.25, 0.3) is 0 Å². The third-order valence-corrected chi connectivity index (χ3v) is 3.34. The van der Waals surface area contributed by atoms with Gasteiger partial charge >= 0.3 is 0 Å². The molecule has 2 heteroatoms. The quantitative estimate of drug-likeness (QED) is 0.481. The summed E-state index contributed by atoms with van der Waals surface area (Å²) in [5.74, 6) is 2.08. The van der Waals surface area contributed by atoms with E-state index in [-0.39, 0.29) is 0 Å². The van der Waals surface area contributed by atoms with Crippen LogP contribution in [0.5, 0.6) is 0 Å². The molecular weight excluding hydrogens is 190 g/mol. The lowest BCUT2D eigenvalue weighted by molar-refractivity contribution is 0.208. The Morgan fingerprint density at radius 2 is 1.93 bits per heavy atom. The highest BCUT2D eigenvalue weighted by molar-refractivity contribution is 7.80. The van der Waals surface area contributed by atoms with Crippen molar-refractivity contribution in [2.75, 3.05) is 18.8 Å². The van der Waals surface area contributed by atoms with Crippen LogP contribution in [0.4, 0.5) is 0 Å². The van der Waals surface area contributed by atoms with Gasteiger partial charge < -0.3 is 4.90 Å². The first kappa shape index (κ1) is 12.4. The maximum absolute atomic E-state index is 4.24. The first-order valence-electron chi connectivity index (χ1n) is 6.09. The van der Waals surface area contributed by atoms with Crippen LogP contribution < -0.4 is 0 Å². The lowest BCUT2D eigenvalue weighted by atomic mass is 10.2. The molecule has 1 rings (SSSR count). The fourth-order valence-electron chi connectivity index (χ4n) is 1.80. The van der Waals surface area contributed by atoms with Crippen molar-refractivity contribution in [2.24, 2.45) is 5.92 Å². The standard InChI is InChI=1S/C12H25NS/c1-11(2)13(10-12-6-7-12)8-4-3-5-9-14/h11-12,14H,3-10H2,1-2H3. The molecule has 1 fully saturated rings. The molecule has 0 aromatic rings. The molecule has 0 saturated heterocycles. The summed E-state index contributed by atoms with van der Waals surface area (Å²) in [5, 5.41) is 0. The van der Waals surface area contributed by atoms with Gasteiger partial charge in [-0.15, -0.1) is 0 Å². The predicted molar refractivity (Wildman–Crippen MR) is 67.1 cm³/mol. The van der Waals surface area contributed by atoms with Crippen molar-refractivity contribution in [2.45, 2.75) is 52.0 Å². The Morgan fingerprint density at radius 1 is 1.21 bits per heavy atom. The van der Waals surface area contributed by atoms with Crippen LogP contribution in [-0.2, 0) is 0 Å². The van der Waals surface area contributed by atoms with Gasteiger partial charge in [0.2, 0.25) is 0 Å². The Balaban J connectivity index is 2.07. The first-order valence-corrected chi connectivity index (χ1v) is 6.72. The van der Waals surface area contributed by atoms with Crippen LogP contribution in [0, 0.1) is 5.92 Å². The summed E-state index contributed by atoms with van der Waals surface area (Å²) >= 11 is 4.24. The molecule has 0 unspecified atom stereocenters. The van der Waals surface area contributed by atoms with E-state index in [1.807, 2.05) is 0 Å². The summed E-state index contributed by atoms with van der Waals surface area (Å²) in [6.07, 6.45) is 6.92. The summed E-state index contributed by atoms with van der Waals surface area (Å²) < 4.78 is 0. The van der Waals surface area contributed by atoms with Gasteiger partial charge in [-0.25, -0.2) is 0 Å². The molecule has 0 radical (unpaired) electrons. The van der Waals surface area contributed by atoms with E-state index in [0.29, 0.717) is 0 Å². The molecule has 14 heavy (non-hydrogen) atoms. The molecule has 1 aliphatic carbocycles. The molecular formula is C12H25NS. The van der Waals surface area contributed by atoms with Gasteiger partial charge in [-0.05, 0) is 57.7 Å². The third kappa shape index (κ3) is 5.26. The molecule has 1 saturated carbocycles. The summed E-state index contributed by atoms with van der Waals surface area (Å²) in [5.41, 5.74) is 0. The lowest BCUT2D eigenvalue weighted by Crippen LogP contribution is -2.33. The van der Waals surface area contributed by atoms with Gasteiger partial charge in [0.25, 0.3) is 0 Å². The molecule has 0 aliphatic heterocycles. The fourth-order valence-corrected chi connectivity index (χ4v) is 2.02. The van der Waals surface area contributed by atoms with Crippen molar-refractivity contribution in [3.63, 3.8) is 0 Å². The van der Waals surface area contributed by atoms with Crippen molar-refractivity contribution in [1.82, 2.24) is 4.90 Å². The van der Waals surface area contributed by atoms with E-state index in [9.17, 15) is 0 Å². The Morgan fingerprint density at radius 3 is 2.43 bits per heavy atom. The number of hydrogen-bond acceptors (Lipinski definition) is 2. The van der Waals surface area contributed by atoms with Crippen LogP contribution in [0.3, 0.4) is 0 Å². The molecule has 0 aromatic heterocycles. The van der Waals surface area contributed by atoms with Crippen LogP contribution in [0.1, 0.15) is 46.0 Å². The van der Waals surface area contributed by atoms with Gasteiger partial charge in [0, 0.05) is 12.6 Å². The summed E-state index contributed by atoms with van der Waals surface area (Å²) in [4.78, 5) is 2.65. The van der Waals surface area contributed by atoms with Gasteiger partial charge in [0.15, 0.2) is 0 Å². The topological polar surface area (TPSA) is 3.24 Å². The van der Waals surface area contributed by atoms with Gasteiger partial charge in [-0.3, -0.25) is 0 Å². The van der Waals surface area contributed by atoms with Crippen LogP contribution >= 0.6 is 12.6 Å². The highest BCUT2D eigenvalue weighted by Crippen LogP contribution is 2.30. The molecule has 0 heterocycles. The predicted octanol–water partition coefficient (Wildman–Crippen LogP) is 3.21. The monoisotopic (exact) mass is 215 g/mol. The van der Waals surface area contributed by atoms with Gasteiger partial charge in [-0.2, -0.15) is 12.6 Å². The molecule has 0 spiro atoms. The second-order valence-electron chi connectivity index (χ2n) is 4.82. The SMILES string of the molecule is CC(C)N(CCCCCS)CC1CC1. The lowest BCUT2D eigenvalue weighted by Gasteiger charge is -2.26. The summed E-state index contributed by atoms with van der Waals surface area (Å²) in [7, 11) is 0. The molecule has 0 N–H and O–H groups in total. The molecule has 1 aliphatic rings. The number of rotatable bonds is 8. The zero-order chi connectivity index (χ0) is 10.4. The van der Waals surface area contributed by atoms with Crippen LogP contribution in [0.15, 0.2) is 0 Å². The van der Waals surface area contributed by atoms with Crippen LogP contribution in [0.2, 0.25) is 0 Å². The zero-order valence-electron chi connectivity index (χ0n) is 9.71. The van der Waals surface area contributed by atoms with Crippen molar-refractivity contribution in [3.8, 4) is 0 Å². The Bertz CT molecular complexity index is 143. The normalized spacial score (nSPS) is 16.9. The number of unbranched alkanes of at least 4 members (excludes halogenated alkanes) is 2. The van der Waals surface area contributed by atoms with E-state index in [1.54, 1.807) is 0 Å². The second-order valence-corrected chi connectivity index (χ2v) is 5.26.